The topological polar surface area (TPSA) is 35.5 Å². The van der Waals surface area contributed by atoms with E-state index in [-0.39, 0.29) is 0 Å². The summed E-state index contributed by atoms with van der Waals surface area (Å²) in [6.45, 7) is 0.831. The molecule has 0 saturated carbocycles. The van der Waals surface area contributed by atoms with E-state index in [1.807, 2.05) is 0 Å². The van der Waals surface area contributed by atoms with Gasteiger partial charge in [-0.1, -0.05) is 0 Å². The minimum absolute atomic E-state index is 0.416. The largest absolute Gasteiger partial charge is 0.762 e. The number of hydrogen-bond donors (Lipinski definition) is 0. The van der Waals surface area contributed by atoms with Crippen molar-refractivity contribution in [3.8, 4) is 0 Å². The lowest BCUT2D eigenvalue weighted by molar-refractivity contribution is 0.131. The molecule has 3 nitrogen and oxygen atoms in total. The van der Waals surface area contributed by atoms with Crippen LogP contribution in [0.15, 0.2) is 0 Å². The fraction of sp³-hybridized carbons (Fsp3) is 0.667. The van der Waals surface area contributed by atoms with Crippen LogP contribution in [0.4, 0.5) is 17.7 Å². The quantitative estimate of drug-likeness (QED) is 0.388. The van der Waals surface area contributed by atoms with Gasteiger partial charge in [0.05, 0.1) is 0 Å². The highest BCUT2D eigenvalue weighted by atomic mass is 19.4. The van der Waals surface area contributed by atoms with Gasteiger partial charge in [0.2, 0.25) is 0 Å². The van der Waals surface area contributed by atoms with Gasteiger partial charge < -0.3 is 9.47 Å². The van der Waals surface area contributed by atoms with Gasteiger partial charge in [0.15, 0.2) is 0 Å². The number of halogens is 3. The molecule has 1 saturated heterocycles. The molecule has 1 aliphatic rings. The second-order valence-corrected chi connectivity index (χ2v) is 1.19. The van der Waals surface area contributed by atoms with Crippen LogP contribution in [0.1, 0.15) is 0 Å². The molecule has 0 spiro atoms. The minimum atomic E-state index is -3.67. The molecule has 1 fully saturated rings. The highest BCUT2D eigenvalue weighted by Crippen LogP contribution is 1.92. The Hall–Kier alpha value is -0.875. The van der Waals surface area contributed by atoms with Crippen molar-refractivity contribution in [3.63, 3.8) is 0 Å². The van der Waals surface area contributed by atoms with Crippen molar-refractivity contribution in [2.45, 2.75) is 0 Å². The normalized spacial score (nSPS) is 14.5. The molecule has 0 aromatic carbocycles. The van der Waals surface area contributed by atoms with Crippen LogP contribution in [0.25, 0.3) is 0 Å². The van der Waals surface area contributed by atoms with E-state index >= 15 is 0 Å². The van der Waals surface area contributed by atoms with Crippen LogP contribution in [0, 0.1) is 0 Å². The summed E-state index contributed by atoms with van der Waals surface area (Å²) in [6.07, 6.45) is -0.546. The van der Waals surface area contributed by atoms with E-state index < -0.39 is 13.7 Å². The van der Waals surface area contributed by atoms with E-state index in [2.05, 4.69) is 9.47 Å². The number of hydrogen-bond acceptors (Lipinski definition) is 3. The number of ether oxygens (including phenoxy) is 2. The Labute approximate surface area is 55.3 Å². The monoisotopic (exact) mass is 156 g/mol. The summed E-state index contributed by atoms with van der Waals surface area (Å²) in [6, 6.07) is 0. The van der Waals surface area contributed by atoms with E-state index in [0.29, 0.717) is 13.2 Å². The zero-order valence-corrected chi connectivity index (χ0v) is 4.85. The van der Waals surface area contributed by atoms with Crippen molar-refractivity contribution in [2.75, 3.05) is 13.2 Å². The highest BCUT2D eigenvalue weighted by Gasteiger charge is 2.09. The first-order valence-electron chi connectivity index (χ1n) is 2.34. The molecular formula is C3H4BF3O3. The highest BCUT2D eigenvalue weighted by molar-refractivity contribution is 6.33. The van der Waals surface area contributed by atoms with Crippen molar-refractivity contribution >= 4 is 13.7 Å². The third-order valence-electron chi connectivity index (χ3n) is 0.523. The summed E-state index contributed by atoms with van der Waals surface area (Å²) in [5, 5.41) is 0. The lowest BCUT2D eigenvalue weighted by Crippen LogP contribution is -1.88. The number of rotatable bonds is 0. The molecule has 10 heavy (non-hydrogen) atoms. The molecular weight excluding hydrogens is 152 g/mol. The van der Waals surface area contributed by atoms with Crippen molar-refractivity contribution in [2.24, 2.45) is 0 Å². The maximum atomic E-state index is 9.80. The maximum Gasteiger partial charge on any atom is 0.762 e. The zero-order valence-electron chi connectivity index (χ0n) is 4.85. The lowest BCUT2D eigenvalue weighted by Gasteiger charge is -1.78. The predicted molar refractivity (Wildman–Crippen MR) is 26.4 cm³/mol. The molecule has 0 aromatic heterocycles. The maximum absolute atomic E-state index is 9.80. The Morgan fingerprint density at radius 1 is 1.20 bits per heavy atom. The van der Waals surface area contributed by atoms with Gasteiger partial charge in [-0.3, -0.25) is 12.9 Å². The first kappa shape index (κ1) is 9.12. The van der Waals surface area contributed by atoms with E-state index in [1.165, 1.54) is 0 Å². The van der Waals surface area contributed by atoms with Crippen LogP contribution in [-0.2, 0) is 9.47 Å². The molecule has 0 radical (unpaired) electrons. The summed E-state index contributed by atoms with van der Waals surface area (Å²) >= 11 is 0. The van der Waals surface area contributed by atoms with Crippen LogP contribution >= 0.6 is 0 Å². The predicted octanol–water partition coefficient (Wildman–Crippen LogP) is 1.03. The average Bonchev–Trinajstić information content (AvgIpc) is 2.15. The fourth-order valence-corrected chi connectivity index (χ4v) is 0.292. The molecule has 0 atom stereocenters. The lowest BCUT2D eigenvalue weighted by atomic mass is 10.5. The van der Waals surface area contributed by atoms with Gasteiger partial charge in [0, 0.05) is 0 Å². The van der Waals surface area contributed by atoms with Crippen LogP contribution in [0.3, 0.4) is 0 Å². The van der Waals surface area contributed by atoms with Crippen LogP contribution in [0.2, 0.25) is 0 Å². The Morgan fingerprint density at radius 2 is 1.50 bits per heavy atom. The van der Waals surface area contributed by atoms with Crippen molar-refractivity contribution in [1.29, 1.82) is 0 Å². The molecule has 0 aliphatic carbocycles. The first-order valence-corrected chi connectivity index (χ1v) is 2.34. The van der Waals surface area contributed by atoms with Crippen molar-refractivity contribution < 1.29 is 27.2 Å². The van der Waals surface area contributed by atoms with Gasteiger partial charge in [-0.25, -0.2) is 4.79 Å². The summed E-state index contributed by atoms with van der Waals surface area (Å²) in [4.78, 5) is 9.80. The summed E-state index contributed by atoms with van der Waals surface area (Å²) in [5.41, 5.74) is 0. The van der Waals surface area contributed by atoms with Crippen molar-refractivity contribution in [1.82, 2.24) is 0 Å². The third kappa shape index (κ3) is 7.12. The van der Waals surface area contributed by atoms with Gasteiger partial charge >= 0.3 is 13.7 Å². The Morgan fingerprint density at radius 3 is 1.60 bits per heavy atom. The molecule has 1 rings (SSSR count). The van der Waals surface area contributed by atoms with Crippen LogP contribution < -0.4 is 0 Å². The van der Waals surface area contributed by atoms with Gasteiger partial charge in [-0.15, -0.1) is 0 Å². The molecule has 0 aromatic rings. The van der Waals surface area contributed by atoms with E-state index in [9.17, 15) is 17.7 Å². The van der Waals surface area contributed by atoms with Gasteiger partial charge in [-0.05, 0) is 0 Å². The second-order valence-electron chi connectivity index (χ2n) is 1.19. The zero-order chi connectivity index (χ0) is 7.98. The molecule has 1 aliphatic heterocycles. The second kappa shape index (κ2) is 4.95. The van der Waals surface area contributed by atoms with Crippen molar-refractivity contribution in [3.05, 3.63) is 0 Å². The third-order valence-corrected chi connectivity index (χ3v) is 0.523. The smallest absolute Gasteiger partial charge is 0.431 e. The Kier molecular flexibility index (Phi) is 4.52. The average molecular weight is 156 g/mol. The Bertz CT molecular complexity index is 98.4. The summed E-state index contributed by atoms with van der Waals surface area (Å²) in [7, 11) is -3.67. The van der Waals surface area contributed by atoms with Gasteiger partial charge in [0.1, 0.15) is 13.2 Å². The first-order chi connectivity index (χ1) is 4.63. The Balaban J connectivity index is 0.000000180. The summed E-state index contributed by atoms with van der Waals surface area (Å²) < 4.78 is 37.6. The number of cyclic esters (lactones) is 2. The van der Waals surface area contributed by atoms with Gasteiger partial charge in [-0.2, -0.15) is 0 Å². The van der Waals surface area contributed by atoms with Gasteiger partial charge in [0.25, 0.3) is 0 Å². The molecule has 58 valence electrons. The molecule has 0 N–H and O–H groups in total. The number of carbonyl (C=O) groups is 1. The van der Waals surface area contributed by atoms with E-state index in [1.54, 1.807) is 0 Å². The molecule has 0 amide bonds. The molecule has 7 heteroatoms. The van der Waals surface area contributed by atoms with E-state index in [4.69, 9.17) is 0 Å². The number of carbonyl (C=O) groups excluding carboxylic acids is 1. The van der Waals surface area contributed by atoms with Crippen LogP contribution in [-0.4, -0.2) is 26.9 Å². The standard InChI is InChI=1S/C3H4O3.BF3/c4-3-5-1-2-6-3;2-1(3)4/h1-2H2;. The minimum Gasteiger partial charge on any atom is -0.431 e. The van der Waals surface area contributed by atoms with E-state index in [0.717, 1.165) is 0 Å². The molecule has 0 unspecified atom stereocenters. The SMILES string of the molecule is FB(F)F.O=C1OCCO1. The molecule has 1 heterocycles. The van der Waals surface area contributed by atoms with Crippen LogP contribution in [0.5, 0.6) is 0 Å². The molecule has 0 bridgehead atoms. The fourth-order valence-electron chi connectivity index (χ4n) is 0.292. The summed E-state index contributed by atoms with van der Waals surface area (Å²) in [5.74, 6) is 0.